The minimum Gasteiger partial charge on any atom is -0.329 e. The van der Waals surface area contributed by atoms with Gasteiger partial charge in [0, 0.05) is 24.9 Å². The molecule has 2 N–H and O–H groups in total. The molecule has 1 atom stereocenters. The lowest BCUT2D eigenvalue weighted by Gasteiger charge is -2.11. The number of fused-ring (bicyclic) bond motifs is 1. The topological polar surface area (TPSA) is 64.7 Å². The van der Waals surface area contributed by atoms with Gasteiger partial charge in [-0.1, -0.05) is 41.7 Å². The first kappa shape index (κ1) is 11.3. The average molecular weight is 256 g/mol. The van der Waals surface area contributed by atoms with Crippen molar-refractivity contribution in [3.8, 4) is 0 Å². The fraction of sp³-hybridized carbons (Fsp3) is 0.154. The van der Waals surface area contributed by atoms with E-state index in [1.54, 1.807) is 23.7 Å². The van der Waals surface area contributed by atoms with Crippen LogP contribution < -0.4 is 5.73 Å². The molecule has 0 saturated carbocycles. The third kappa shape index (κ3) is 1.98. The van der Waals surface area contributed by atoms with E-state index in [1.165, 1.54) is 5.56 Å². The zero-order valence-corrected chi connectivity index (χ0v) is 10.5. The molecule has 0 saturated heterocycles. The standard InChI is InChI=1S/C13H12N4S/c14-8-10(9-4-2-1-3-5-9)12-17-11-13(18-12)16-7-6-15-11/h1-7,10H,8,14H2. The van der Waals surface area contributed by atoms with Gasteiger partial charge in [0.15, 0.2) is 10.5 Å². The molecule has 0 spiro atoms. The van der Waals surface area contributed by atoms with Crippen LogP contribution in [0.3, 0.4) is 0 Å². The highest BCUT2D eigenvalue weighted by Crippen LogP contribution is 2.29. The lowest BCUT2D eigenvalue weighted by atomic mass is 10.0. The fourth-order valence-electron chi connectivity index (χ4n) is 1.91. The van der Waals surface area contributed by atoms with Crippen molar-refractivity contribution in [2.45, 2.75) is 5.92 Å². The zero-order chi connectivity index (χ0) is 12.4. The van der Waals surface area contributed by atoms with Gasteiger partial charge in [0.05, 0.1) is 0 Å². The van der Waals surface area contributed by atoms with Gasteiger partial charge in [-0.15, -0.1) is 0 Å². The number of nitrogens with two attached hydrogens (primary N) is 1. The molecule has 1 aromatic carbocycles. The summed E-state index contributed by atoms with van der Waals surface area (Å²) in [5, 5.41) is 0.977. The van der Waals surface area contributed by atoms with Crippen molar-refractivity contribution in [2.24, 2.45) is 5.73 Å². The summed E-state index contributed by atoms with van der Waals surface area (Å²) in [5.41, 5.74) is 7.77. The number of aromatic nitrogens is 3. The van der Waals surface area contributed by atoms with Crippen LogP contribution in [0.5, 0.6) is 0 Å². The number of thiazole rings is 1. The van der Waals surface area contributed by atoms with Gasteiger partial charge in [-0.05, 0) is 5.56 Å². The lowest BCUT2D eigenvalue weighted by Crippen LogP contribution is -2.13. The Balaban J connectivity index is 2.06. The second kappa shape index (κ2) is 4.80. The van der Waals surface area contributed by atoms with Gasteiger partial charge in [-0.25, -0.2) is 15.0 Å². The first-order chi connectivity index (χ1) is 8.88. The Hall–Kier alpha value is -1.85. The molecule has 0 aliphatic heterocycles. The van der Waals surface area contributed by atoms with E-state index in [9.17, 15) is 0 Å². The van der Waals surface area contributed by atoms with Crippen molar-refractivity contribution in [3.05, 3.63) is 53.3 Å². The largest absolute Gasteiger partial charge is 0.329 e. The molecule has 0 aliphatic carbocycles. The maximum Gasteiger partial charge on any atom is 0.189 e. The molecule has 0 fully saturated rings. The molecule has 90 valence electrons. The molecule has 3 aromatic rings. The van der Waals surface area contributed by atoms with E-state index in [0.717, 1.165) is 9.84 Å². The van der Waals surface area contributed by atoms with E-state index in [0.29, 0.717) is 12.2 Å². The van der Waals surface area contributed by atoms with Gasteiger partial charge < -0.3 is 5.73 Å². The van der Waals surface area contributed by atoms with Crippen LogP contribution in [0.25, 0.3) is 10.5 Å². The quantitative estimate of drug-likeness (QED) is 0.780. The van der Waals surface area contributed by atoms with E-state index >= 15 is 0 Å². The van der Waals surface area contributed by atoms with Gasteiger partial charge in [-0.3, -0.25) is 0 Å². The summed E-state index contributed by atoms with van der Waals surface area (Å²) in [4.78, 5) is 13.9. The monoisotopic (exact) mass is 256 g/mol. The number of benzene rings is 1. The minimum absolute atomic E-state index is 0.118. The minimum atomic E-state index is 0.118. The molecule has 18 heavy (non-hydrogen) atoms. The molecular weight excluding hydrogens is 244 g/mol. The molecule has 3 rings (SSSR count). The predicted molar refractivity (Wildman–Crippen MR) is 72.5 cm³/mol. The van der Waals surface area contributed by atoms with E-state index in [-0.39, 0.29) is 5.92 Å². The Kier molecular flexibility index (Phi) is 3.00. The first-order valence-corrected chi connectivity index (χ1v) is 6.52. The van der Waals surface area contributed by atoms with E-state index in [2.05, 4.69) is 27.1 Å². The van der Waals surface area contributed by atoms with E-state index in [1.807, 2.05) is 18.2 Å². The summed E-state index contributed by atoms with van der Waals surface area (Å²) in [5.74, 6) is 0.118. The second-order valence-electron chi connectivity index (χ2n) is 3.94. The Labute approximate surface area is 109 Å². The molecule has 0 radical (unpaired) electrons. The Morgan fingerprint density at radius 2 is 1.89 bits per heavy atom. The van der Waals surface area contributed by atoms with Crippen LogP contribution >= 0.6 is 11.3 Å². The number of hydrogen-bond donors (Lipinski definition) is 1. The molecular formula is C13H12N4S. The summed E-state index contributed by atoms with van der Waals surface area (Å²) >= 11 is 1.56. The Morgan fingerprint density at radius 1 is 1.11 bits per heavy atom. The summed E-state index contributed by atoms with van der Waals surface area (Å²) in [6.45, 7) is 0.532. The normalized spacial score (nSPS) is 12.7. The highest BCUT2D eigenvalue weighted by atomic mass is 32.1. The van der Waals surface area contributed by atoms with Gasteiger partial charge in [-0.2, -0.15) is 0 Å². The van der Waals surface area contributed by atoms with Gasteiger partial charge in [0.2, 0.25) is 0 Å². The van der Waals surface area contributed by atoms with Gasteiger partial charge >= 0.3 is 0 Å². The van der Waals surface area contributed by atoms with Crippen LogP contribution in [0, 0.1) is 0 Å². The molecule has 0 bridgehead atoms. The Bertz CT molecular complexity index is 617. The lowest BCUT2D eigenvalue weighted by molar-refractivity contribution is 0.811. The molecule has 1 unspecified atom stereocenters. The van der Waals surface area contributed by atoms with Crippen molar-refractivity contribution in [1.82, 2.24) is 15.0 Å². The Morgan fingerprint density at radius 3 is 2.61 bits per heavy atom. The highest BCUT2D eigenvalue weighted by Gasteiger charge is 2.17. The third-order valence-electron chi connectivity index (χ3n) is 2.80. The first-order valence-electron chi connectivity index (χ1n) is 5.71. The smallest absolute Gasteiger partial charge is 0.189 e. The SMILES string of the molecule is NCC(c1ccccc1)c1nc2nccnc2s1. The van der Waals surface area contributed by atoms with E-state index in [4.69, 9.17) is 5.73 Å². The van der Waals surface area contributed by atoms with Crippen LogP contribution in [0.2, 0.25) is 0 Å². The van der Waals surface area contributed by atoms with Gasteiger partial charge in [0.1, 0.15) is 5.01 Å². The highest BCUT2D eigenvalue weighted by molar-refractivity contribution is 7.18. The van der Waals surface area contributed by atoms with Crippen molar-refractivity contribution < 1.29 is 0 Å². The second-order valence-corrected chi connectivity index (χ2v) is 4.95. The summed E-state index contributed by atoms with van der Waals surface area (Å²) in [6, 6.07) is 10.2. The molecule has 4 nitrogen and oxygen atoms in total. The molecule has 0 aliphatic rings. The van der Waals surface area contributed by atoms with Gasteiger partial charge in [0.25, 0.3) is 0 Å². The zero-order valence-electron chi connectivity index (χ0n) is 9.65. The van der Waals surface area contributed by atoms with Crippen LogP contribution in [0.15, 0.2) is 42.7 Å². The predicted octanol–water partition coefficient (Wildman–Crippen LogP) is 2.18. The number of nitrogens with zero attached hydrogens (tertiary/aromatic N) is 3. The van der Waals surface area contributed by atoms with Crippen molar-refractivity contribution in [3.63, 3.8) is 0 Å². The van der Waals surface area contributed by atoms with Crippen molar-refractivity contribution in [1.29, 1.82) is 0 Å². The average Bonchev–Trinajstić information content (AvgIpc) is 2.84. The van der Waals surface area contributed by atoms with E-state index < -0.39 is 0 Å². The molecule has 0 amide bonds. The number of hydrogen-bond acceptors (Lipinski definition) is 5. The van der Waals surface area contributed by atoms with Crippen LogP contribution in [-0.2, 0) is 0 Å². The maximum absolute atomic E-state index is 5.88. The fourth-order valence-corrected chi connectivity index (χ4v) is 2.91. The van der Waals surface area contributed by atoms with Crippen LogP contribution in [-0.4, -0.2) is 21.5 Å². The third-order valence-corrected chi connectivity index (χ3v) is 3.87. The molecule has 2 heterocycles. The maximum atomic E-state index is 5.88. The molecule has 5 heteroatoms. The van der Waals surface area contributed by atoms with Crippen molar-refractivity contribution in [2.75, 3.05) is 6.54 Å². The van der Waals surface area contributed by atoms with Crippen LogP contribution in [0.1, 0.15) is 16.5 Å². The summed E-state index contributed by atoms with van der Waals surface area (Å²) in [7, 11) is 0. The number of rotatable bonds is 3. The van der Waals surface area contributed by atoms with Crippen LogP contribution in [0.4, 0.5) is 0 Å². The van der Waals surface area contributed by atoms with Crippen molar-refractivity contribution >= 4 is 21.8 Å². The summed E-state index contributed by atoms with van der Waals surface area (Å²) < 4.78 is 0. The summed E-state index contributed by atoms with van der Waals surface area (Å²) in [6.07, 6.45) is 3.34. The molecule has 2 aromatic heterocycles.